The van der Waals surface area contributed by atoms with E-state index in [2.05, 4.69) is 15.9 Å². The van der Waals surface area contributed by atoms with Gasteiger partial charge in [-0.15, -0.1) is 0 Å². The molecule has 0 amide bonds. The number of allylic oxidation sites excluding steroid dienone is 1. The number of hydrogen-bond donors (Lipinski definition) is 0. The lowest BCUT2D eigenvalue weighted by Gasteiger charge is -2.09. The second kappa shape index (κ2) is 8.32. The van der Waals surface area contributed by atoms with Crippen molar-refractivity contribution >= 4 is 27.8 Å². The quantitative estimate of drug-likeness (QED) is 0.424. The fraction of sp³-hybridized carbons (Fsp3) is 0.125. The predicted molar refractivity (Wildman–Crippen MR) is 116 cm³/mol. The van der Waals surface area contributed by atoms with Crippen LogP contribution in [0.2, 0.25) is 0 Å². The number of methoxy groups -OCH3 is 1. The summed E-state index contributed by atoms with van der Waals surface area (Å²) >= 11 is 3.43. The number of carbonyl (C=O) groups is 1. The molecular formula is C24H18BrFO4. The fourth-order valence-corrected chi connectivity index (χ4v) is 3.69. The number of aryl methyl sites for hydroxylation is 1. The third-order valence-corrected chi connectivity index (χ3v) is 5.21. The zero-order valence-corrected chi connectivity index (χ0v) is 18.0. The maximum atomic E-state index is 13.3. The van der Waals surface area contributed by atoms with E-state index in [1.54, 1.807) is 37.5 Å². The van der Waals surface area contributed by atoms with E-state index in [1.807, 2.05) is 25.1 Å². The lowest BCUT2D eigenvalue weighted by atomic mass is 10.0. The number of ketones is 1. The van der Waals surface area contributed by atoms with Crippen LogP contribution in [0.4, 0.5) is 4.39 Å². The summed E-state index contributed by atoms with van der Waals surface area (Å²) in [7, 11) is 1.57. The van der Waals surface area contributed by atoms with Gasteiger partial charge < -0.3 is 14.2 Å². The zero-order valence-electron chi connectivity index (χ0n) is 16.4. The lowest BCUT2D eigenvalue weighted by molar-refractivity contribution is 0.101. The van der Waals surface area contributed by atoms with Gasteiger partial charge in [0.1, 0.15) is 29.7 Å². The minimum atomic E-state index is -0.312. The number of hydrogen-bond acceptors (Lipinski definition) is 4. The Morgan fingerprint density at radius 3 is 2.73 bits per heavy atom. The van der Waals surface area contributed by atoms with Crippen molar-refractivity contribution in [3.8, 4) is 17.2 Å². The number of carbonyl (C=O) groups excluding carboxylic acids is 1. The first-order valence-electron chi connectivity index (χ1n) is 9.24. The van der Waals surface area contributed by atoms with Crippen LogP contribution >= 0.6 is 15.9 Å². The van der Waals surface area contributed by atoms with E-state index < -0.39 is 0 Å². The van der Waals surface area contributed by atoms with Gasteiger partial charge in [0.2, 0.25) is 5.78 Å². The monoisotopic (exact) mass is 468 g/mol. The summed E-state index contributed by atoms with van der Waals surface area (Å²) in [4.78, 5) is 12.9. The molecule has 0 bridgehead atoms. The second-order valence-electron chi connectivity index (χ2n) is 6.86. The molecule has 0 saturated carbocycles. The molecule has 152 valence electrons. The van der Waals surface area contributed by atoms with E-state index >= 15 is 0 Å². The molecule has 0 radical (unpaired) electrons. The molecule has 0 spiro atoms. The molecule has 4 rings (SSSR count). The van der Waals surface area contributed by atoms with Gasteiger partial charge in [0, 0.05) is 16.1 Å². The van der Waals surface area contributed by atoms with E-state index in [0.29, 0.717) is 28.4 Å². The molecule has 3 aromatic rings. The van der Waals surface area contributed by atoms with E-state index in [1.165, 1.54) is 12.1 Å². The van der Waals surface area contributed by atoms with Crippen molar-refractivity contribution < 1.29 is 23.4 Å². The Bertz CT molecular complexity index is 1170. The smallest absolute Gasteiger partial charge is 0.232 e. The Balaban J connectivity index is 1.60. The first-order chi connectivity index (χ1) is 14.4. The molecule has 0 unspecified atom stereocenters. The molecule has 0 fully saturated rings. The molecule has 1 aliphatic rings. The van der Waals surface area contributed by atoms with Gasteiger partial charge in [-0.1, -0.05) is 28.1 Å². The molecule has 4 nitrogen and oxygen atoms in total. The molecular weight excluding hydrogens is 451 g/mol. The number of benzene rings is 3. The third kappa shape index (κ3) is 4.09. The fourth-order valence-electron chi connectivity index (χ4n) is 3.31. The summed E-state index contributed by atoms with van der Waals surface area (Å²) in [5.41, 5.74) is 2.69. The maximum Gasteiger partial charge on any atom is 0.232 e. The second-order valence-corrected chi connectivity index (χ2v) is 7.77. The van der Waals surface area contributed by atoms with Gasteiger partial charge in [0.05, 0.1) is 12.7 Å². The van der Waals surface area contributed by atoms with E-state index in [4.69, 9.17) is 14.2 Å². The molecule has 3 aromatic carbocycles. The topological polar surface area (TPSA) is 44.8 Å². The standard InChI is InChI=1S/C24H18BrFO4/c1-14-8-19(29-13-15-4-3-5-18(26)9-15)12-21-23(14)24(27)22(30-21)11-16-10-17(25)6-7-20(16)28-2/h3-12H,13H2,1-2H3/b22-11-. The number of Topliss-reactive ketones (excluding diaryl/α,β-unsaturated/α-hetero) is 1. The van der Waals surface area contributed by atoms with Gasteiger partial charge in [-0.2, -0.15) is 0 Å². The van der Waals surface area contributed by atoms with Crippen molar-refractivity contribution in [2.75, 3.05) is 7.11 Å². The van der Waals surface area contributed by atoms with Gasteiger partial charge in [-0.05, 0) is 60.5 Å². The molecule has 0 aliphatic carbocycles. The van der Waals surface area contributed by atoms with Crippen molar-refractivity contribution in [1.29, 1.82) is 0 Å². The Morgan fingerprint density at radius 1 is 1.13 bits per heavy atom. The molecule has 0 aromatic heterocycles. The van der Waals surface area contributed by atoms with Crippen LogP contribution in [0, 0.1) is 12.7 Å². The summed E-state index contributed by atoms with van der Waals surface area (Å²) < 4.78 is 31.2. The average molecular weight is 469 g/mol. The van der Waals surface area contributed by atoms with Gasteiger partial charge >= 0.3 is 0 Å². The first-order valence-corrected chi connectivity index (χ1v) is 10.0. The number of rotatable bonds is 5. The highest BCUT2D eigenvalue weighted by Gasteiger charge is 2.30. The lowest BCUT2D eigenvalue weighted by Crippen LogP contribution is -2.00. The first kappa shape index (κ1) is 20.2. The van der Waals surface area contributed by atoms with Crippen LogP contribution < -0.4 is 14.2 Å². The highest BCUT2D eigenvalue weighted by molar-refractivity contribution is 9.10. The third-order valence-electron chi connectivity index (χ3n) is 4.72. The molecule has 1 aliphatic heterocycles. The SMILES string of the molecule is COc1ccc(Br)cc1/C=C1\Oc2cc(OCc3cccc(F)c3)cc(C)c2C1=O. The molecule has 30 heavy (non-hydrogen) atoms. The Labute approximate surface area is 182 Å². The molecule has 0 atom stereocenters. The van der Waals surface area contributed by atoms with Gasteiger partial charge in [-0.25, -0.2) is 4.39 Å². The molecule has 6 heteroatoms. The minimum absolute atomic E-state index is 0.193. The van der Waals surface area contributed by atoms with Crippen LogP contribution in [0.15, 0.2) is 64.8 Å². The summed E-state index contributed by atoms with van der Waals surface area (Å²) in [6.07, 6.45) is 1.67. The van der Waals surface area contributed by atoms with E-state index in [0.717, 1.165) is 15.6 Å². The zero-order chi connectivity index (χ0) is 21.3. The van der Waals surface area contributed by atoms with E-state index in [-0.39, 0.29) is 24.0 Å². The number of halogens is 2. The summed E-state index contributed by atoms with van der Waals surface area (Å²) in [6, 6.07) is 15.2. The maximum absolute atomic E-state index is 13.3. The van der Waals surface area contributed by atoms with Crippen LogP contribution in [0.1, 0.15) is 27.0 Å². The minimum Gasteiger partial charge on any atom is -0.496 e. The number of ether oxygens (including phenoxy) is 3. The van der Waals surface area contributed by atoms with Gasteiger partial charge in [0.25, 0.3) is 0 Å². The van der Waals surface area contributed by atoms with Crippen LogP contribution in [0.25, 0.3) is 6.08 Å². The predicted octanol–water partition coefficient (Wildman–Crippen LogP) is 6.10. The summed E-state index contributed by atoms with van der Waals surface area (Å²) in [5.74, 6) is 1.33. The van der Waals surface area contributed by atoms with Crippen molar-refractivity contribution in [2.45, 2.75) is 13.5 Å². The Kier molecular flexibility index (Phi) is 5.59. The van der Waals surface area contributed by atoms with Crippen molar-refractivity contribution in [1.82, 2.24) is 0 Å². The molecule has 1 heterocycles. The van der Waals surface area contributed by atoms with Crippen molar-refractivity contribution in [2.24, 2.45) is 0 Å². The van der Waals surface area contributed by atoms with Gasteiger partial charge in [0.15, 0.2) is 5.76 Å². The molecule has 0 saturated heterocycles. The van der Waals surface area contributed by atoms with Crippen molar-refractivity contribution in [3.63, 3.8) is 0 Å². The van der Waals surface area contributed by atoms with Crippen molar-refractivity contribution in [3.05, 3.63) is 92.9 Å². The summed E-state index contributed by atoms with van der Waals surface area (Å²) in [6.45, 7) is 2.04. The highest BCUT2D eigenvalue weighted by Crippen LogP contribution is 2.38. The Hall–Kier alpha value is -3.12. The van der Waals surface area contributed by atoms with Crippen LogP contribution in [-0.4, -0.2) is 12.9 Å². The highest BCUT2D eigenvalue weighted by atomic mass is 79.9. The normalized spacial score (nSPS) is 13.9. The average Bonchev–Trinajstić information content (AvgIpc) is 3.02. The van der Waals surface area contributed by atoms with Crippen LogP contribution in [0.3, 0.4) is 0 Å². The number of fused-ring (bicyclic) bond motifs is 1. The van der Waals surface area contributed by atoms with E-state index in [9.17, 15) is 9.18 Å². The molecule has 0 N–H and O–H groups in total. The summed E-state index contributed by atoms with van der Waals surface area (Å²) in [5, 5.41) is 0. The largest absolute Gasteiger partial charge is 0.496 e. The van der Waals surface area contributed by atoms with Gasteiger partial charge in [-0.3, -0.25) is 4.79 Å². The van der Waals surface area contributed by atoms with Crippen LogP contribution in [-0.2, 0) is 6.61 Å². The Morgan fingerprint density at radius 2 is 1.97 bits per heavy atom. The van der Waals surface area contributed by atoms with Crippen LogP contribution in [0.5, 0.6) is 17.2 Å².